The van der Waals surface area contributed by atoms with E-state index in [9.17, 15) is 31.1 Å². The summed E-state index contributed by atoms with van der Waals surface area (Å²) in [7, 11) is 0. The van der Waals surface area contributed by atoms with Crippen LogP contribution in [-0.2, 0) is 6.18 Å². The summed E-state index contributed by atoms with van der Waals surface area (Å²) in [6.45, 7) is 4.77. The summed E-state index contributed by atoms with van der Waals surface area (Å²) in [5.74, 6) is -0.891. The maximum absolute atomic E-state index is 13.7. The normalized spacial score (nSPS) is 13.7. The van der Waals surface area contributed by atoms with Crippen molar-refractivity contribution in [3.8, 4) is 0 Å². The second-order valence-electron chi connectivity index (χ2n) is 7.24. The summed E-state index contributed by atoms with van der Waals surface area (Å²) in [4.78, 5) is 24.8. The van der Waals surface area contributed by atoms with Crippen LogP contribution in [0.1, 0.15) is 34.7 Å². The topological polar surface area (TPSA) is 67.8 Å². The summed E-state index contributed by atoms with van der Waals surface area (Å²) in [5, 5.41) is 2.99. The molecule has 0 aliphatic heterocycles. The van der Waals surface area contributed by atoms with Gasteiger partial charge in [-0.15, -0.1) is 0 Å². The van der Waals surface area contributed by atoms with Crippen LogP contribution in [-0.4, -0.2) is 27.0 Å². The average Bonchev–Trinajstić information content (AvgIpc) is 2.81. The number of carbonyl (C=O) groups excluding carboxylic acids is 1. The molecule has 0 fully saturated rings. The van der Waals surface area contributed by atoms with Crippen molar-refractivity contribution >= 4 is 16.9 Å². The SMILES string of the molecule is C=C(/C=C\C(=C/C)C(F)(F)F)[C@H](NC(=O)c1ccc2cccnc2n1)c1ncccc1C(F)(F)F. The van der Waals surface area contributed by atoms with E-state index in [1.807, 2.05) is 0 Å². The van der Waals surface area contributed by atoms with Gasteiger partial charge in [0.25, 0.3) is 5.91 Å². The zero-order valence-corrected chi connectivity index (χ0v) is 18.2. The van der Waals surface area contributed by atoms with E-state index in [1.165, 1.54) is 12.3 Å². The quantitative estimate of drug-likeness (QED) is 0.332. The van der Waals surface area contributed by atoms with Gasteiger partial charge in [-0.25, -0.2) is 9.97 Å². The van der Waals surface area contributed by atoms with Gasteiger partial charge in [-0.1, -0.05) is 24.8 Å². The second kappa shape index (κ2) is 10.1. The van der Waals surface area contributed by atoms with Crippen LogP contribution >= 0.6 is 0 Å². The highest BCUT2D eigenvalue weighted by molar-refractivity contribution is 5.94. The molecular weight excluding hydrogens is 474 g/mol. The number of carbonyl (C=O) groups is 1. The molecule has 3 aromatic heterocycles. The lowest BCUT2D eigenvalue weighted by atomic mass is 9.98. The molecule has 1 N–H and O–H groups in total. The van der Waals surface area contributed by atoms with Crippen LogP contribution in [0.2, 0.25) is 0 Å². The number of pyridine rings is 3. The molecule has 0 unspecified atom stereocenters. The molecule has 3 rings (SSSR count). The average molecular weight is 492 g/mol. The van der Waals surface area contributed by atoms with Gasteiger partial charge in [0.05, 0.1) is 22.9 Å². The molecule has 0 aromatic carbocycles. The fraction of sp³-hybridized carbons (Fsp3) is 0.167. The van der Waals surface area contributed by atoms with Crippen molar-refractivity contribution in [3.63, 3.8) is 0 Å². The van der Waals surface area contributed by atoms with Crippen molar-refractivity contribution in [2.24, 2.45) is 0 Å². The Morgan fingerprint density at radius 2 is 1.69 bits per heavy atom. The van der Waals surface area contributed by atoms with Crippen LogP contribution in [0.25, 0.3) is 11.0 Å². The van der Waals surface area contributed by atoms with Crippen LogP contribution in [0.5, 0.6) is 0 Å². The molecule has 1 atom stereocenters. The monoisotopic (exact) mass is 492 g/mol. The number of rotatable bonds is 6. The van der Waals surface area contributed by atoms with Gasteiger partial charge in [0, 0.05) is 17.8 Å². The zero-order chi connectivity index (χ0) is 25.8. The Morgan fingerprint density at radius 3 is 2.34 bits per heavy atom. The molecule has 0 saturated heterocycles. The predicted molar refractivity (Wildman–Crippen MR) is 117 cm³/mol. The number of fused-ring (bicyclic) bond motifs is 1. The molecule has 0 spiro atoms. The molecule has 0 radical (unpaired) electrons. The van der Waals surface area contributed by atoms with Crippen molar-refractivity contribution in [1.82, 2.24) is 20.3 Å². The highest BCUT2D eigenvalue weighted by Gasteiger charge is 2.37. The van der Waals surface area contributed by atoms with Gasteiger partial charge < -0.3 is 5.32 Å². The number of amides is 1. The lowest BCUT2D eigenvalue weighted by Gasteiger charge is -2.22. The maximum atomic E-state index is 13.7. The zero-order valence-electron chi connectivity index (χ0n) is 18.2. The molecule has 0 bridgehead atoms. The van der Waals surface area contributed by atoms with Gasteiger partial charge in [-0.3, -0.25) is 9.78 Å². The Bertz CT molecular complexity index is 1310. The smallest absolute Gasteiger partial charge is 0.338 e. The van der Waals surface area contributed by atoms with Crippen molar-refractivity contribution < 1.29 is 31.1 Å². The molecule has 5 nitrogen and oxygen atoms in total. The number of alkyl halides is 6. The Balaban J connectivity index is 2.03. The first-order valence-electron chi connectivity index (χ1n) is 10.1. The third kappa shape index (κ3) is 6.11. The summed E-state index contributed by atoms with van der Waals surface area (Å²) in [6.07, 6.45) is -4.66. The number of nitrogens with zero attached hydrogens (tertiary/aromatic N) is 3. The fourth-order valence-corrected chi connectivity index (χ4v) is 3.16. The first-order valence-corrected chi connectivity index (χ1v) is 10.1. The largest absolute Gasteiger partial charge is 0.418 e. The summed E-state index contributed by atoms with van der Waals surface area (Å²) in [5.41, 5.74) is -3.03. The highest BCUT2D eigenvalue weighted by Crippen LogP contribution is 2.36. The number of hydrogen-bond donors (Lipinski definition) is 1. The minimum absolute atomic E-state index is 0.160. The Kier molecular flexibility index (Phi) is 7.37. The van der Waals surface area contributed by atoms with Gasteiger partial charge >= 0.3 is 12.4 Å². The molecule has 1 amide bonds. The molecule has 0 aliphatic rings. The van der Waals surface area contributed by atoms with E-state index in [0.29, 0.717) is 11.5 Å². The lowest BCUT2D eigenvalue weighted by Crippen LogP contribution is -2.32. The van der Waals surface area contributed by atoms with Crippen LogP contribution < -0.4 is 5.32 Å². The fourth-order valence-electron chi connectivity index (χ4n) is 3.16. The van der Waals surface area contributed by atoms with Gasteiger partial charge in [-0.2, -0.15) is 26.3 Å². The van der Waals surface area contributed by atoms with Crippen molar-refractivity contribution in [2.45, 2.75) is 25.3 Å². The second-order valence-corrected chi connectivity index (χ2v) is 7.24. The third-order valence-corrected chi connectivity index (χ3v) is 4.88. The minimum atomic E-state index is -4.85. The van der Waals surface area contributed by atoms with Gasteiger partial charge in [0.15, 0.2) is 5.65 Å². The molecular formula is C24H18F6N4O. The van der Waals surface area contributed by atoms with Crippen molar-refractivity contribution in [2.75, 3.05) is 0 Å². The number of hydrogen-bond acceptors (Lipinski definition) is 4. The molecule has 35 heavy (non-hydrogen) atoms. The molecule has 11 heteroatoms. The van der Waals surface area contributed by atoms with E-state index in [4.69, 9.17) is 0 Å². The standard InChI is InChI=1S/C24H18F6N4O/c1-3-16(23(25,26)27)10-8-14(2)19(20-17(24(28,29)30)7-5-12-31-20)34-22(35)18-11-9-15-6-4-13-32-21(15)33-18/h3-13,19H,2H2,1H3,(H,34,35)/b10-8-,16-3+/t19-/m0/s1. The van der Waals surface area contributed by atoms with Crippen molar-refractivity contribution in [1.29, 1.82) is 0 Å². The van der Waals surface area contributed by atoms with E-state index in [0.717, 1.165) is 37.4 Å². The van der Waals surface area contributed by atoms with Crippen molar-refractivity contribution in [3.05, 3.63) is 102 Å². The third-order valence-electron chi connectivity index (χ3n) is 4.88. The first-order chi connectivity index (χ1) is 16.4. The molecule has 182 valence electrons. The minimum Gasteiger partial charge on any atom is -0.338 e. The molecule has 3 heterocycles. The van der Waals surface area contributed by atoms with E-state index < -0.39 is 41.1 Å². The molecule has 0 saturated carbocycles. The summed E-state index contributed by atoms with van der Waals surface area (Å²) < 4.78 is 80.2. The number of allylic oxidation sites excluding steroid dienone is 3. The van der Waals surface area contributed by atoms with E-state index >= 15 is 0 Å². The summed E-state index contributed by atoms with van der Waals surface area (Å²) in [6, 6.07) is 6.47. The van der Waals surface area contributed by atoms with Crippen LogP contribution in [0.4, 0.5) is 26.3 Å². The Hall–Kier alpha value is -4.02. The first kappa shape index (κ1) is 25.6. The lowest BCUT2D eigenvalue weighted by molar-refractivity contribution is -0.138. The Morgan fingerprint density at radius 1 is 1.00 bits per heavy atom. The van der Waals surface area contributed by atoms with Gasteiger partial charge in [0.1, 0.15) is 5.69 Å². The van der Waals surface area contributed by atoms with Crippen LogP contribution in [0.15, 0.2) is 84.7 Å². The van der Waals surface area contributed by atoms with Gasteiger partial charge in [0.2, 0.25) is 0 Å². The number of nitrogens with one attached hydrogen (secondary N) is 1. The van der Waals surface area contributed by atoms with Crippen LogP contribution in [0.3, 0.4) is 0 Å². The highest BCUT2D eigenvalue weighted by atomic mass is 19.4. The maximum Gasteiger partial charge on any atom is 0.418 e. The predicted octanol–water partition coefficient (Wildman–Crippen LogP) is 6.14. The van der Waals surface area contributed by atoms with E-state index in [1.54, 1.807) is 18.2 Å². The Labute approximate surface area is 195 Å². The van der Waals surface area contributed by atoms with Crippen LogP contribution in [0, 0.1) is 0 Å². The van der Waals surface area contributed by atoms with E-state index in [-0.39, 0.29) is 16.9 Å². The number of aromatic nitrogens is 3. The molecule has 3 aromatic rings. The summed E-state index contributed by atoms with van der Waals surface area (Å²) >= 11 is 0. The van der Waals surface area contributed by atoms with E-state index in [2.05, 4.69) is 26.8 Å². The molecule has 0 aliphatic carbocycles. The van der Waals surface area contributed by atoms with Gasteiger partial charge in [-0.05, 0) is 48.9 Å². The number of halogens is 6.